The topological polar surface area (TPSA) is 74.3 Å². The number of carbonyl (C=O) groups is 1. The minimum Gasteiger partial charge on any atom is -0.331 e. The number of likely N-dealkylation sites (tertiary alicyclic amines) is 1. The lowest BCUT2D eigenvalue weighted by molar-refractivity contribution is -0.904. The quantitative estimate of drug-likeness (QED) is 0.438. The van der Waals surface area contributed by atoms with Crippen LogP contribution in [-0.4, -0.2) is 50.6 Å². The highest BCUT2D eigenvalue weighted by atomic mass is 19.3. The first-order valence-corrected chi connectivity index (χ1v) is 10.6. The molecule has 1 aromatic carbocycles. The number of rotatable bonds is 6. The number of benzene rings is 1. The summed E-state index contributed by atoms with van der Waals surface area (Å²) >= 11 is 0. The van der Waals surface area contributed by atoms with Gasteiger partial charge in [-0.15, -0.1) is 0 Å². The zero-order valence-electron chi connectivity index (χ0n) is 18.0. The Bertz CT molecular complexity index is 1120. The molecule has 0 spiro atoms. The Labute approximate surface area is 189 Å². The summed E-state index contributed by atoms with van der Waals surface area (Å²) in [5.74, 6) is -4.40. The number of imidazole rings is 1. The van der Waals surface area contributed by atoms with Crippen LogP contribution in [-0.2, 0) is 11.3 Å². The van der Waals surface area contributed by atoms with Gasteiger partial charge in [-0.2, -0.15) is 0 Å². The van der Waals surface area contributed by atoms with Crippen LogP contribution < -0.4 is 10.0 Å². The molecule has 10 heteroatoms. The molecule has 2 atom stereocenters. The van der Waals surface area contributed by atoms with E-state index in [0.717, 1.165) is 4.73 Å². The number of nitrogens with zero attached hydrogens (tertiary/aromatic N) is 4. The Hall–Kier alpha value is -3.40. The number of carbonyl (C=O) groups excluding carboxylic acids is 1. The van der Waals surface area contributed by atoms with Gasteiger partial charge in [0.05, 0.1) is 24.8 Å². The number of anilines is 1. The molecule has 2 aromatic heterocycles. The standard InChI is InChI=1S/C23H24F3N5O2/c1-16(30-11-8-23(25,26)19(13-30)17-6-9-31(33)10-7-17)22(32)28-21-14-29(15-27-21)12-18-4-2-3-5-20(18)24/h2-7,9-10,14-16,19H,8,11-13H2,1H3,(H-,28,32,33)/p+1/t16-,19+/m0/s1. The van der Waals surface area contributed by atoms with Crippen molar-refractivity contribution in [2.24, 2.45) is 0 Å². The molecule has 0 bridgehead atoms. The van der Waals surface area contributed by atoms with Crippen molar-refractivity contribution in [1.29, 1.82) is 0 Å². The van der Waals surface area contributed by atoms with Crippen LogP contribution in [0.3, 0.4) is 0 Å². The van der Waals surface area contributed by atoms with E-state index in [1.165, 1.54) is 36.9 Å². The molecule has 3 aromatic rings. The summed E-state index contributed by atoms with van der Waals surface area (Å²) in [5, 5.41) is 12.1. The summed E-state index contributed by atoms with van der Waals surface area (Å²) in [6.07, 6.45) is 5.32. The Balaban J connectivity index is 1.40. The normalized spacial score (nSPS) is 19.2. The van der Waals surface area contributed by atoms with Crippen molar-refractivity contribution < 1.29 is 27.9 Å². The van der Waals surface area contributed by atoms with E-state index in [-0.39, 0.29) is 37.8 Å². The van der Waals surface area contributed by atoms with E-state index < -0.39 is 17.9 Å². The molecule has 0 unspecified atom stereocenters. The van der Waals surface area contributed by atoms with Crippen LogP contribution in [0, 0.1) is 5.82 Å². The lowest BCUT2D eigenvalue weighted by atomic mass is 9.87. The molecule has 4 rings (SSSR count). The van der Waals surface area contributed by atoms with E-state index in [9.17, 15) is 23.2 Å². The third-order valence-corrected chi connectivity index (χ3v) is 6.02. The summed E-state index contributed by atoms with van der Waals surface area (Å²) in [7, 11) is 0. The molecule has 0 radical (unpaired) electrons. The number of alkyl halides is 2. The van der Waals surface area contributed by atoms with Crippen molar-refractivity contribution in [3.05, 3.63) is 78.3 Å². The molecule has 33 heavy (non-hydrogen) atoms. The summed E-state index contributed by atoms with van der Waals surface area (Å²) < 4.78 is 45.5. The molecular formula is C23H25F3N5O2+. The average Bonchev–Trinajstić information content (AvgIpc) is 3.22. The van der Waals surface area contributed by atoms with E-state index in [1.54, 1.807) is 40.8 Å². The van der Waals surface area contributed by atoms with Crippen LogP contribution >= 0.6 is 0 Å². The third kappa shape index (κ3) is 5.16. The second kappa shape index (κ2) is 9.22. The van der Waals surface area contributed by atoms with Crippen molar-refractivity contribution in [2.75, 3.05) is 18.4 Å². The lowest BCUT2D eigenvalue weighted by Crippen LogP contribution is -2.52. The number of amides is 1. The van der Waals surface area contributed by atoms with Gasteiger partial charge in [0.2, 0.25) is 18.3 Å². The number of hydrogen-bond donors (Lipinski definition) is 2. The Kier molecular flexibility index (Phi) is 6.37. The molecule has 1 aliphatic heterocycles. The van der Waals surface area contributed by atoms with E-state index in [1.807, 2.05) is 0 Å². The van der Waals surface area contributed by atoms with E-state index in [4.69, 9.17) is 0 Å². The maximum Gasteiger partial charge on any atom is 0.257 e. The van der Waals surface area contributed by atoms with Crippen LogP contribution in [0.4, 0.5) is 19.0 Å². The molecule has 7 nitrogen and oxygen atoms in total. The Morgan fingerprint density at radius 3 is 2.76 bits per heavy atom. The van der Waals surface area contributed by atoms with Crippen LogP contribution in [0.15, 0.2) is 61.3 Å². The number of nitrogens with one attached hydrogen (secondary N) is 1. The van der Waals surface area contributed by atoms with Gasteiger partial charge in [-0.25, -0.2) is 18.2 Å². The summed E-state index contributed by atoms with van der Waals surface area (Å²) in [6, 6.07) is 8.65. The Morgan fingerprint density at radius 1 is 1.30 bits per heavy atom. The van der Waals surface area contributed by atoms with Crippen molar-refractivity contribution in [1.82, 2.24) is 14.5 Å². The fourth-order valence-electron chi connectivity index (χ4n) is 4.02. The second-order valence-electron chi connectivity index (χ2n) is 8.26. The van der Waals surface area contributed by atoms with Gasteiger partial charge >= 0.3 is 0 Å². The van der Waals surface area contributed by atoms with Gasteiger partial charge in [-0.05, 0) is 18.6 Å². The fraction of sp³-hybridized carbons (Fsp3) is 0.348. The van der Waals surface area contributed by atoms with Gasteiger partial charge in [0.25, 0.3) is 5.92 Å². The van der Waals surface area contributed by atoms with Gasteiger partial charge in [-0.1, -0.05) is 18.2 Å². The largest absolute Gasteiger partial charge is 0.331 e. The summed E-state index contributed by atoms with van der Waals surface area (Å²) in [4.78, 5) is 18.7. The second-order valence-corrected chi connectivity index (χ2v) is 8.26. The van der Waals surface area contributed by atoms with E-state index in [2.05, 4.69) is 10.3 Å². The Morgan fingerprint density at radius 2 is 2.03 bits per heavy atom. The number of pyridine rings is 1. The first-order valence-electron chi connectivity index (χ1n) is 10.6. The third-order valence-electron chi connectivity index (χ3n) is 6.02. The van der Waals surface area contributed by atoms with Crippen molar-refractivity contribution in [3.8, 4) is 0 Å². The molecule has 174 valence electrons. The lowest BCUT2D eigenvalue weighted by Gasteiger charge is -2.40. The maximum absolute atomic E-state index is 14.6. The highest BCUT2D eigenvalue weighted by molar-refractivity contribution is 5.93. The van der Waals surface area contributed by atoms with Gasteiger partial charge in [0.1, 0.15) is 5.82 Å². The number of piperidine rings is 1. The smallest absolute Gasteiger partial charge is 0.257 e. The molecule has 0 saturated carbocycles. The predicted molar refractivity (Wildman–Crippen MR) is 114 cm³/mol. The average molecular weight is 460 g/mol. The van der Waals surface area contributed by atoms with Gasteiger partial charge in [0, 0.05) is 48.1 Å². The van der Waals surface area contributed by atoms with E-state index in [0.29, 0.717) is 16.9 Å². The molecule has 1 amide bonds. The van der Waals surface area contributed by atoms with Crippen LogP contribution in [0.5, 0.6) is 0 Å². The highest BCUT2D eigenvalue weighted by Crippen LogP contribution is 2.40. The zero-order chi connectivity index (χ0) is 23.6. The van der Waals surface area contributed by atoms with Crippen LogP contribution in [0.1, 0.15) is 30.4 Å². The van der Waals surface area contributed by atoms with Crippen LogP contribution in [0.25, 0.3) is 0 Å². The van der Waals surface area contributed by atoms with Crippen LogP contribution in [0.2, 0.25) is 0 Å². The van der Waals surface area contributed by atoms with Gasteiger partial charge < -0.3 is 9.88 Å². The molecule has 1 fully saturated rings. The predicted octanol–water partition coefficient (Wildman–Crippen LogP) is 3.05. The van der Waals surface area contributed by atoms with E-state index >= 15 is 0 Å². The molecule has 1 aliphatic rings. The zero-order valence-corrected chi connectivity index (χ0v) is 18.0. The number of halogens is 3. The number of aromatic nitrogens is 3. The maximum atomic E-state index is 14.6. The molecular weight excluding hydrogens is 435 g/mol. The molecule has 3 heterocycles. The van der Waals surface area contributed by atoms with Crippen molar-refractivity contribution in [3.63, 3.8) is 0 Å². The van der Waals surface area contributed by atoms with Gasteiger partial charge in [0.15, 0.2) is 5.82 Å². The fourth-order valence-corrected chi connectivity index (χ4v) is 4.02. The minimum absolute atomic E-state index is 0.00124. The molecule has 1 saturated heterocycles. The van der Waals surface area contributed by atoms with Crippen molar-refractivity contribution >= 4 is 11.7 Å². The first-order chi connectivity index (χ1) is 15.7. The molecule has 0 aliphatic carbocycles. The number of hydrogen-bond acceptors (Lipinski definition) is 4. The summed E-state index contributed by atoms with van der Waals surface area (Å²) in [5.41, 5.74) is 0.892. The SMILES string of the molecule is C[C@@H](C(=O)Nc1cn(Cc2ccccc2F)cn1)N1CCC(F)(F)[C@@H](c2cc[n+](O)cc2)C1. The van der Waals surface area contributed by atoms with Crippen molar-refractivity contribution in [2.45, 2.75) is 37.8 Å². The minimum atomic E-state index is -2.92. The highest BCUT2D eigenvalue weighted by Gasteiger charge is 2.46. The first kappa shape index (κ1) is 22.8. The summed E-state index contributed by atoms with van der Waals surface area (Å²) in [6.45, 7) is 2.00. The van der Waals surface area contributed by atoms with Gasteiger partial charge in [-0.3, -0.25) is 14.9 Å². The molecule has 2 N–H and O–H groups in total. The monoisotopic (exact) mass is 460 g/mol.